The van der Waals surface area contributed by atoms with Gasteiger partial charge >= 0.3 is 5.97 Å². The first-order valence-corrected chi connectivity index (χ1v) is 10.4. The Morgan fingerprint density at radius 2 is 1.93 bits per heavy atom. The van der Waals surface area contributed by atoms with Gasteiger partial charge in [-0.15, -0.1) is 0 Å². The minimum absolute atomic E-state index is 0.508. The summed E-state index contributed by atoms with van der Waals surface area (Å²) in [6.07, 6.45) is 3.03. The second-order valence-electron chi connectivity index (χ2n) is 8.27. The summed E-state index contributed by atoms with van der Waals surface area (Å²) in [7, 11) is 0. The van der Waals surface area contributed by atoms with Crippen LogP contribution in [0.2, 0.25) is 0 Å². The Hall–Kier alpha value is -2.86. The van der Waals surface area contributed by atoms with Crippen LogP contribution < -0.4 is 10.1 Å². The van der Waals surface area contributed by atoms with Crippen LogP contribution in [0.25, 0.3) is 11.1 Å². The lowest BCUT2D eigenvalue weighted by atomic mass is 10.0. The lowest BCUT2D eigenvalue weighted by molar-refractivity contribution is -0.152. The minimum atomic E-state index is -1.24. The summed E-state index contributed by atoms with van der Waals surface area (Å²) in [5.74, 6) is 0.886. The molecule has 0 amide bonds. The van der Waals surface area contributed by atoms with E-state index in [1.54, 1.807) is 0 Å². The summed E-state index contributed by atoms with van der Waals surface area (Å²) in [6.45, 7) is 7.00. The van der Waals surface area contributed by atoms with E-state index in [2.05, 4.69) is 17.2 Å². The van der Waals surface area contributed by atoms with Gasteiger partial charge in [0.1, 0.15) is 11.3 Å². The molecule has 0 spiro atoms. The van der Waals surface area contributed by atoms with Gasteiger partial charge in [-0.25, -0.2) is 9.78 Å². The number of para-hydroxylation sites is 2. The van der Waals surface area contributed by atoms with Crippen molar-refractivity contribution in [1.29, 1.82) is 0 Å². The van der Waals surface area contributed by atoms with Gasteiger partial charge in [-0.3, -0.25) is 0 Å². The smallest absolute Gasteiger partial charge is 0.347 e. The zero-order chi connectivity index (χ0) is 21.6. The van der Waals surface area contributed by atoms with Gasteiger partial charge in [-0.2, -0.15) is 0 Å². The zero-order valence-electron chi connectivity index (χ0n) is 17.9. The van der Waals surface area contributed by atoms with Crippen molar-refractivity contribution >= 4 is 17.1 Å². The Balaban J connectivity index is 1.35. The van der Waals surface area contributed by atoms with E-state index in [1.807, 2.05) is 48.5 Å². The highest BCUT2D eigenvalue weighted by Gasteiger charge is 2.29. The van der Waals surface area contributed by atoms with Gasteiger partial charge in [0.05, 0.1) is 0 Å². The molecule has 1 atom stereocenters. The predicted octanol–water partition coefficient (Wildman–Crippen LogP) is 4.82. The predicted molar refractivity (Wildman–Crippen MR) is 117 cm³/mol. The number of oxazole rings is 1. The lowest BCUT2D eigenvalue weighted by Crippen LogP contribution is -2.37. The Morgan fingerprint density at radius 1 is 1.20 bits per heavy atom. The van der Waals surface area contributed by atoms with E-state index < -0.39 is 11.6 Å². The number of nitrogens with zero attached hydrogens (tertiary/aromatic N) is 1. The summed E-state index contributed by atoms with van der Waals surface area (Å²) in [4.78, 5) is 15.7. The van der Waals surface area contributed by atoms with Crippen molar-refractivity contribution in [2.24, 2.45) is 5.92 Å². The van der Waals surface area contributed by atoms with Crippen LogP contribution in [0.3, 0.4) is 0 Å². The molecule has 2 aromatic carbocycles. The number of hydrogen-bond donors (Lipinski definition) is 2. The summed E-state index contributed by atoms with van der Waals surface area (Å²) < 4.78 is 11.3. The van der Waals surface area contributed by atoms with E-state index in [0.29, 0.717) is 11.7 Å². The molecule has 3 aromatic rings. The van der Waals surface area contributed by atoms with E-state index >= 15 is 0 Å². The SMILES string of the molecule is CC(CCCNCc1ccc(OC(C)(C)C(=O)O)cc1)Cc1nc2ccccc2o1. The third-order valence-electron chi connectivity index (χ3n) is 5.05. The summed E-state index contributed by atoms with van der Waals surface area (Å²) in [6, 6.07) is 15.4. The average Bonchev–Trinajstić information content (AvgIpc) is 3.10. The van der Waals surface area contributed by atoms with Crippen LogP contribution in [0.15, 0.2) is 52.9 Å². The standard InChI is InChI=1S/C24H30N2O4/c1-17(15-22-26-20-8-4-5-9-21(20)29-22)7-6-14-25-16-18-10-12-19(13-11-18)30-24(2,3)23(27)28/h4-5,8-13,17,25H,6-7,14-16H2,1-3H3,(H,27,28). The summed E-state index contributed by atoms with van der Waals surface area (Å²) in [5.41, 5.74) is 1.66. The van der Waals surface area contributed by atoms with Crippen LogP contribution >= 0.6 is 0 Å². The normalized spacial score (nSPS) is 12.8. The number of nitrogens with one attached hydrogen (secondary N) is 1. The van der Waals surface area contributed by atoms with Gasteiger partial charge in [0.15, 0.2) is 17.1 Å². The molecule has 0 bridgehead atoms. The number of carboxylic acid groups (broad SMARTS) is 1. The van der Waals surface area contributed by atoms with Crippen LogP contribution in [-0.2, 0) is 17.8 Å². The molecule has 6 nitrogen and oxygen atoms in total. The van der Waals surface area contributed by atoms with Crippen molar-refractivity contribution in [3.63, 3.8) is 0 Å². The van der Waals surface area contributed by atoms with E-state index in [4.69, 9.17) is 14.3 Å². The fourth-order valence-electron chi connectivity index (χ4n) is 3.23. The van der Waals surface area contributed by atoms with Gasteiger partial charge in [0.2, 0.25) is 0 Å². The van der Waals surface area contributed by atoms with E-state index in [9.17, 15) is 4.79 Å². The number of aliphatic carboxylic acids is 1. The Labute approximate surface area is 177 Å². The van der Waals surface area contributed by atoms with Crippen molar-refractivity contribution in [3.8, 4) is 5.75 Å². The molecule has 0 saturated heterocycles. The fraction of sp³-hybridized carbons (Fsp3) is 0.417. The van der Waals surface area contributed by atoms with Gasteiger partial charge < -0.3 is 19.6 Å². The largest absolute Gasteiger partial charge is 0.478 e. The number of ether oxygens (including phenoxy) is 1. The fourth-order valence-corrected chi connectivity index (χ4v) is 3.23. The summed E-state index contributed by atoms with van der Waals surface area (Å²) in [5, 5.41) is 12.6. The number of aromatic nitrogens is 1. The molecule has 0 fully saturated rings. The number of benzene rings is 2. The lowest BCUT2D eigenvalue weighted by Gasteiger charge is -2.21. The Bertz CT molecular complexity index is 930. The molecule has 1 aromatic heterocycles. The molecule has 0 radical (unpaired) electrons. The first kappa shape index (κ1) is 21.8. The molecule has 6 heteroatoms. The number of rotatable bonds is 11. The molecular weight excluding hydrogens is 380 g/mol. The molecule has 1 unspecified atom stereocenters. The van der Waals surface area contributed by atoms with Crippen molar-refractivity contribution in [1.82, 2.24) is 10.3 Å². The summed E-state index contributed by atoms with van der Waals surface area (Å²) >= 11 is 0. The third kappa shape index (κ3) is 6.07. The van der Waals surface area contributed by atoms with Gasteiger partial charge in [0.25, 0.3) is 0 Å². The monoisotopic (exact) mass is 410 g/mol. The first-order valence-electron chi connectivity index (χ1n) is 10.4. The highest BCUT2D eigenvalue weighted by Crippen LogP contribution is 2.20. The topological polar surface area (TPSA) is 84.6 Å². The van der Waals surface area contributed by atoms with Crippen LogP contribution in [0.4, 0.5) is 0 Å². The van der Waals surface area contributed by atoms with Crippen molar-refractivity contribution in [3.05, 3.63) is 60.0 Å². The van der Waals surface area contributed by atoms with E-state index in [-0.39, 0.29) is 0 Å². The highest BCUT2D eigenvalue weighted by atomic mass is 16.5. The molecule has 160 valence electrons. The molecule has 2 N–H and O–H groups in total. The number of fused-ring (bicyclic) bond motifs is 1. The van der Waals surface area contributed by atoms with Gasteiger partial charge in [-0.1, -0.05) is 31.2 Å². The number of hydrogen-bond acceptors (Lipinski definition) is 5. The second kappa shape index (κ2) is 9.76. The third-order valence-corrected chi connectivity index (χ3v) is 5.05. The van der Waals surface area contributed by atoms with Crippen LogP contribution in [0, 0.1) is 5.92 Å². The van der Waals surface area contributed by atoms with E-state index in [0.717, 1.165) is 54.9 Å². The van der Waals surface area contributed by atoms with Crippen LogP contribution in [0.5, 0.6) is 5.75 Å². The minimum Gasteiger partial charge on any atom is -0.478 e. The zero-order valence-corrected chi connectivity index (χ0v) is 17.9. The molecule has 0 aliphatic rings. The quantitative estimate of drug-likeness (QED) is 0.441. The molecule has 30 heavy (non-hydrogen) atoms. The maximum absolute atomic E-state index is 11.1. The van der Waals surface area contributed by atoms with Crippen molar-refractivity contribution in [2.75, 3.05) is 6.54 Å². The first-order chi connectivity index (χ1) is 14.3. The molecule has 1 heterocycles. The van der Waals surface area contributed by atoms with Gasteiger partial charge in [-0.05, 0) is 69.0 Å². The number of carbonyl (C=O) groups is 1. The molecule has 0 aliphatic carbocycles. The van der Waals surface area contributed by atoms with Gasteiger partial charge in [0, 0.05) is 13.0 Å². The molecule has 3 rings (SSSR count). The maximum atomic E-state index is 11.1. The van der Waals surface area contributed by atoms with E-state index in [1.165, 1.54) is 13.8 Å². The average molecular weight is 411 g/mol. The van der Waals surface area contributed by atoms with Crippen LogP contribution in [0.1, 0.15) is 45.1 Å². The Morgan fingerprint density at radius 3 is 2.63 bits per heavy atom. The highest BCUT2D eigenvalue weighted by molar-refractivity contribution is 5.76. The molecular formula is C24H30N2O4. The number of carboxylic acids is 1. The van der Waals surface area contributed by atoms with Crippen LogP contribution in [-0.4, -0.2) is 28.2 Å². The second-order valence-corrected chi connectivity index (χ2v) is 8.27. The van der Waals surface area contributed by atoms with Crippen molar-refractivity contribution < 1.29 is 19.1 Å². The molecule has 0 aliphatic heterocycles. The Kier molecular flexibility index (Phi) is 7.11. The van der Waals surface area contributed by atoms with Crippen molar-refractivity contribution in [2.45, 2.75) is 52.2 Å². The maximum Gasteiger partial charge on any atom is 0.347 e. The molecule has 0 saturated carbocycles.